The molecule has 2 heterocycles. The number of halogens is 1. The molecule has 0 unspecified atom stereocenters. The number of ether oxygens (including phenoxy) is 1. The fraction of sp³-hybridized carbons (Fsp3) is 0.273. The average Bonchev–Trinajstić information content (AvgIpc) is 3.33. The van der Waals surface area contributed by atoms with Crippen molar-refractivity contribution in [2.24, 2.45) is 0 Å². The third-order valence-electron chi connectivity index (χ3n) is 5.07. The predicted octanol–water partition coefficient (Wildman–Crippen LogP) is 3.38. The molecular formula is C22H22FN5O3S2. The molecule has 0 spiro atoms. The summed E-state index contributed by atoms with van der Waals surface area (Å²) in [4.78, 5) is 29.0. The number of methoxy groups -OCH3 is 1. The van der Waals surface area contributed by atoms with E-state index in [1.54, 1.807) is 7.11 Å². The van der Waals surface area contributed by atoms with E-state index in [1.165, 1.54) is 36.0 Å². The summed E-state index contributed by atoms with van der Waals surface area (Å²) in [7, 11) is 1.65. The van der Waals surface area contributed by atoms with Crippen LogP contribution in [-0.2, 0) is 4.79 Å². The van der Waals surface area contributed by atoms with Crippen LogP contribution in [0.5, 0.6) is 5.75 Å². The molecule has 2 amide bonds. The molecule has 1 aromatic heterocycles. The van der Waals surface area contributed by atoms with Gasteiger partial charge in [-0.25, -0.2) is 4.39 Å². The van der Waals surface area contributed by atoms with Gasteiger partial charge in [-0.2, -0.15) is 0 Å². The van der Waals surface area contributed by atoms with E-state index < -0.39 is 5.91 Å². The Morgan fingerprint density at radius 3 is 2.61 bits per heavy atom. The zero-order chi connectivity index (χ0) is 23.2. The summed E-state index contributed by atoms with van der Waals surface area (Å²) in [6.07, 6.45) is 0. The fourth-order valence-corrected chi connectivity index (χ4v) is 4.96. The van der Waals surface area contributed by atoms with Crippen LogP contribution in [0.15, 0.2) is 52.9 Å². The average molecular weight is 488 g/mol. The van der Waals surface area contributed by atoms with Crippen molar-refractivity contribution < 1.29 is 18.7 Å². The Bertz CT molecular complexity index is 1120. The number of amides is 2. The second-order valence-electron chi connectivity index (χ2n) is 7.19. The molecule has 33 heavy (non-hydrogen) atoms. The van der Waals surface area contributed by atoms with Gasteiger partial charge in [-0.05, 0) is 36.4 Å². The van der Waals surface area contributed by atoms with Gasteiger partial charge in [0.05, 0.1) is 12.9 Å². The molecule has 0 radical (unpaired) electrons. The summed E-state index contributed by atoms with van der Waals surface area (Å²) < 4.78 is 18.8. The third kappa shape index (κ3) is 5.99. The minimum atomic E-state index is -0.425. The van der Waals surface area contributed by atoms with Gasteiger partial charge in [0.2, 0.25) is 10.9 Å². The monoisotopic (exact) mass is 487 g/mol. The van der Waals surface area contributed by atoms with Gasteiger partial charge in [0.15, 0.2) is 4.34 Å². The van der Waals surface area contributed by atoms with Gasteiger partial charge in [0.25, 0.3) is 5.91 Å². The second kappa shape index (κ2) is 10.6. The molecule has 172 valence electrons. The van der Waals surface area contributed by atoms with Crippen LogP contribution in [0.3, 0.4) is 0 Å². The number of aromatic nitrogens is 2. The van der Waals surface area contributed by atoms with Gasteiger partial charge in [0.1, 0.15) is 11.6 Å². The summed E-state index contributed by atoms with van der Waals surface area (Å²) >= 11 is 2.38. The first kappa shape index (κ1) is 23.0. The standard InChI is InChI=1S/C22H22FN5O3S2/c1-31-18-4-2-3-17(13-18)27-9-11-28(12-10-27)19(29)14-32-22-26-25-21(33-22)20(30)24-16-7-5-15(23)6-8-16/h2-8,13H,9-12,14H2,1H3,(H,24,30). The number of piperazine rings is 1. The molecule has 0 atom stereocenters. The van der Waals surface area contributed by atoms with Crippen molar-refractivity contribution in [3.63, 3.8) is 0 Å². The van der Waals surface area contributed by atoms with E-state index in [-0.39, 0.29) is 22.5 Å². The summed E-state index contributed by atoms with van der Waals surface area (Å²) in [6, 6.07) is 13.4. The summed E-state index contributed by atoms with van der Waals surface area (Å²) in [5.41, 5.74) is 1.55. The van der Waals surface area contributed by atoms with Crippen molar-refractivity contribution in [3.8, 4) is 5.75 Å². The quantitative estimate of drug-likeness (QED) is 0.511. The zero-order valence-electron chi connectivity index (χ0n) is 17.9. The van der Waals surface area contributed by atoms with Crippen LogP contribution < -0.4 is 15.0 Å². The molecule has 2 aromatic carbocycles. The van der Waals surface area contributed by atoms with Crippen molar-refractivity contribution in [2.75, 3.05) is 49.3 Å². The number of thioether (sulfide) groups is 1. The highest BCUT2D eigenvalue weighted by Crippen LogP contribution is 2.25. The molecular weight excluding hydrogens is 465 g/mol. The van der Waals surface area contributed by atoms with E-state index in [0.29, 0.717) is 23.1 Å². The highest BCUT2D eigenvalue weighted by molar-refractivity contribution is 8.01. The van der Waals surface area contributed by atoms with Gasteiger partial charge >= 0.3 is 0 Å². The van der Waals surface area contributed by atoms with E-state index in [4.69, 9.17) is 4.74 Å². The molecule has 4 rings (SSSR count). The van der Waals surface area contributed by atoms with Crippen molar-refractivity contribution in [1.82, 2.24) is 15.1 Å². The fourth-order valence-electron chi connectivity index (χ4n) is 3.31. The van der Waals surface area contributed by atoms with E-state index in [0.717, 1.165) is 35.9 Å². The molecule has 11 heteroatoms. The van der Waals surface area contributed by atoms with Gasteiger partial charge in [-0.15, -0.1) is 10.2 Å². The Balaban J connectivity index is 1.24. The minimum Gasteiger partial charge on any atom is -0.497 e. The van der Waals surface area contributed by atoms with Gasteiger partial charge in [0, 0.05) is 43.6 Å². The topological polar surface area (TPSA) is 87.7 Å². The zero-order valence-corrected chi connectivity index (χ0v) is 19.5. The Hall–Kier alpha value is -3.18. The molecule has 1 saturated heterocycles. The van der Waals surface area contributed by atoms with Crippen LogP contribution in [0.1, 0.15) is 9.80 Å². The highest BCUT2D eigenvalue weighted by Gasteiger charge is 2.22. The van der Waals surface area contributed by atoms with Gasteiger partial charge < -0.3 is 19.9 Å². The number of nitrogens with zero attached hydrogens (tertiary/aromatic N) is 4. The molecule has 0 aliphatic carbocycles. The molecule has 1 aliphatic heterocycles. The molecule has 1 fully saturated rings. The predicted molar refractivity (Wildman–Crippen MR) is 127 cm³/mol. The molecule has 1 N–H and O–H groups in total. The SMILES string of the molecule is COc1cccc(N2CCN(C(=O)CSc3nnc(C(=O)Nc4ccc(F)cc4)s3)CC2)c1. The Morgan fingerprint density at radius 2 is 1.88 bits per heavy atom. The molecule has 3 aromatic rings. The Labute approximate surface area is 198 Å². The van der Waals surface area contributed by atoms with E-state index in [2.05, 4.69) is 20.4 Å². The number of hydrogen-bond acceptors (Lipinski definition) is 8. The van der Waals surface area contributed by atoms with Crippen molar-refractivity contribution in [3.05, 3.63) is 59.4 Å². The lowest BCUT2D eigenvalue weighted by molar-refractivity contribution is -0.128. The van der Waals surface area contributed by atoms with Crippen LogP contribution >= 0.6 is 23.1 Å². The lowest BCUT2D eigenvalue weighted by Crippen LogP contribution is -2.49. The van der Waals surface area contributed by atoms with E-state index in [9.17, 15) is 14.0 Å². The number of nitrogens with one attached hydrogen (secondary N) is 1. The largest absolute Gasteiger partial charge is 0.497 e. The van der Waals surface area contributed by atoms with Gasteiger partial charge in [-0.3, -0.25) is 9.59 Å². The number of anilines is 2. The lowest BCUT2D eigenvalue weighted by atomic mass is 10.2. The number of carbonyl (C=O) groups excluding carboxylic acids is 2. The summed E-state index contributed by atoms with van der Waals surface area (Å²) in [5, 5.41) is 10.7. The Morgan fingerprint density at radius 1 is 1.12 bits per heavy atom. The maximum atomic E-state index is 13.0. The van der Waals surface area contributed by atoms with Gasteiger partial charge in [-0.1, -0.05) is 29.2 Å². The van der Waals surface area contributed by atoms with E-state index >= 15 is 0 Å². The number of carbonyl (C=O) groups is 2. The van der Waals surface area contributed by atoms with Crippen molar-refractivity contribution >= 4 is 46.3 Å². The maximum Gasteiger partial charge on any atom is 0.286 e. The normalized spacial score (nSPS) is 13.6. The minimum absolute atomic E-state index is 0.0257. The second-order valence-corrected chi connectivity index (χ2v) is 9.39. The molecule has 8 nitrogen and oxygen atoms in total. The summed E-state index contributed by atoms with van der Waals surface area (Å²) in [5.74, 6) is 0.260. The van der Waals surface area contributed by atoms with Crippen molar-refractivity contribution in [2.45, 2.75) is 4.34 Å². The highest BCUT2D eigenvalue weighted by atomic mass is 32.2. The molecule has 0 bridgehead atoms. The van der Waals surface area contributed by atoms with Crippen LogP contribution in [0.4, 0.5) is 15.8 Å². The number of benzene rings is 2. The van der Waals surface area contributed by atoms with E-state index in [1.807, 2.05) is 29.2 Å². The van der Waals surface area contributed by atoms with Crippen LogP contribution in [0.2, 0.25) is 0 Å². The maximum absolute atomic E-state index is 13.0. The number of hydrogen-bond donors (Lipinski definition) is 1. The van der Waals surface area contributed by atoms with Crippen LogP contribution in [-0.4, -0.2) is 66.0 Å². The van der Waals surface area contributed by atoms with Crippen molar-refractivity contribution in [1.29, 1.82) is 0 Å². The third-order valence-corrected chi connectivity index (χ3v) is 7.11. The van der Waals surface area contributed by atoms with Crippen LogP contribution in [0, 0.1) is 5.82 Å². The first-order valence-corrected chi connectivity index (χ1v) is 12.0. The lowest BCUT2D eigenvalue weighted by Gasteiger charge is -2.36. The molecule has 0 saturated carbocycles. The van der Waals surface area contributed by atoms with Crippen LogP contribution in [0.25, 0.3) is 0 Å². The number of rotatable bonds is 7. The summed E-state index contributed by atoms with van der Waals surface area (Å²) in [6.45, 7) is 2.77. The smallest absolute Gasteiger partial charge is 0.286 e. The Kier molecular flexibility index (Phi) is 7.40. The first-order chi connectivity index (χ1) is 16.0. The first-order valence-electron chi connectivity index (χ1n) is 10.2. The molecule has 1 aliphatic rings.